The molecule has 0 aliphatic rings. The van der Waals surface area contributed by atoms with Gasteiger partial charge in [-0.15, -0.1) is 5.10 Å². The third kappa shape index (κ3) is 2.28. The van der Waals surface area contributed by atoms with E-state index in [1.807, 2.05) is 0 Å². The van der Waals surface area contributed by atoms with E-state index >= 15 is 0 Å². The SMILES string of the molecule is O=C(O)C=Cc1nnsc1Cl. The Bertz CT molecular complexity index is 296. The molecule has 0 atom stereocenters. The van der Waals surface area contributed by atoms with Crippen LogP contribution in [0.15, 0.2) is 6.08 Å². The minimum atomic E-state index is -1.03. The molecule has 1 heterocycles. The van der Waals surface area contributed by atoms with Crippen LogP contribution in [0.4, 0.5) is 0 Å². The van der Waals surface area contributed by atoms with Crippen LogP contribution >= 0.6 is 23.1 Å². The summed E-state index contributed by atoms with van der Waals surface area (Å²) < 4.78 is 3.91. The fourth-order valence-electron chi connectivity index (χ4n) is 0.435. The van der Waals surface area contributed by atoms with Crippen molar-refractivity contribution in [2.75, 3.05) is 0 Å². The summed E-state index contributed by atoms with van der Waals surface area (Å²) >= 11 is 6.59. The van der Waals surface area contributed by atoms with E-state index in [4.69, 9.17) is 16.7 Å². The molecule has 11 heavy (non-hydrogen) atoms. The molecule has 0 aliphatic carbocycles. The number of carboxylic acids is 1. The summed E-state index contributed by atoms with van der Waals surface area (Å²) in [6.45, 7) is 0. The maximum Gasteiger partial charge on any atom is 0.328 e. The van der Waals surface area contributed by atoms with Crippen LogP contribution in [-0.4, -0.2) is 20.7 Å². The first-order valence-electron chi connectivity index (χ1n) is 2.59. The Hall–Kier alpha value is -0.940. The lowest BCUT2D eigenvalue weighted by atomic mass is 10.4. The Kier molecular flexibility index (Phi) is 2.56. The first kappa shape index (κ1) is 8.16. The molecule has 0 fully saturated rings. The molecule has 0 unspecified atom stereocenters. The molecule has 1 aromatic rings. The summed E-state index contributed by atoms with van der Waals surface area (Å²) in [5.41, 5.74) is 0.388. The van der Waals surface area contributed by atoms with Crippen LogP contribution in [0.3, 0.4) is 0 Å². The van der Waals surface area contributed by atoms with Gasteiger partial charge in [0.1, 0.15) is 10.0 Å². The third-order valence-corrected chi connectivity index (χ3v) is 1.79. The van der Waals surface area contributed by atoms with Gasteiger partial charge < -0.3 is 5.11 Å². The predicted molar refractivity (Wildman–Crippen MR) is 41.6 cm³/mol. The Labute approximate surface area is 71.3 Å². The van der Waals surface area contributed by atoms with Crippen LogP contribution in [0.5, 0.6) is 0 Å². The zero-order valence-electron chi connectivity index (χ0n) is 5.19. The predicted octanol–water partition coefficient (Wildman–Crippen LogP) is 1.29. The quantitative estimate of drug-likeness (QED) is 0.714. The van der Waals surface area contributed by atoms with Crippen LogP contribution in [0.2, 0.25) is 4.34 Å². The van der Waals surface area contributed by atoms with Crippen molar-refractivity contribution in [3.63, 3.8) is 0 Å². The van der Waals surface area contributed by atoms with Crippen molar-refractivity contribution in [3.8, 4) is 0 Å². The summed E-state index contributed by atoms with van der Waals surface area (Å²) in [5, 5.41) is 11.8. The number of rotatable bonds is 2. The molecule has 58 valence electrons. The number of carbonyl (C=O) groups is 1. The maximum absolute atomic E-state index is 10.0. The van der Waals surface area contributed by atoms with Crippen molar-refractivity contribution in [2.45, 2.75) is 0 Å². The van der Waals surface area contributed by atoms with Gasteiger partial charge in [-0.1, -0.05) is 16.1 Å². The average Bonchev–Trinajstić information content (AvgIpc) is 2.31. The molecule has 1 aromatic heterocycles. The first-order chi connectivity index (χ1) is 5.20. The van der Waals surface area contributed by atoms with Crippen molar-refractivity contribution in [3.05, 3.63) is 16.1 Å². The van der Waals surface area contributed by atoms with Gasteiger partial charge in [0.05, 0.1) is 0 Å². The standard InChI is InChI=1S/C5H3ClN2O2S/c6-5-3(7-8-11-5)1-2-4(9)10/h1-2H,(H,9,10). The number of carboxylic acid groups (broad SMARTS) is 1. The number of halogens is 1. The Balaban J connectivity index is 2.79. The molecule has 0 bridgehead atoms. The van der Waals surface area contributed by atoms with Crippen LogP contribution in [0.1, 0.15) is 5.69 Å². The molecule has 6 heteroatoms. The third-order valence-electron chi connectivity index (χ3n) is 0.855. The highest BCUT2D eigenvalue weighted by molar-refractivity contribution is 7.10. The topological polar surface area (TPSA) is 63.1 Å². The van der Waals surface area contributed by atoms with Crippen molar-refractivity contribution < 1.29 is 9.90 Å². The van der Waals surface area contributed by atoms with Gasteiger partial charge in [0.25, 0.3) is 0 Å². The zero-order valence-corrected chi connectivity index (χ0v) is 6.76. The van der Waals surface area contributed by atoms with Gasteiger partial charge in [0.2, 0.25) is 0 Å². The second-order valence-electron chi connectivity index (χ2n) is 1.60. The number of aliphatic carboxylic acids is 1. The first-order valence-corrected chi connectivity index (χ1v) is 3.74. The van der Waals surface area contributed by atoms with Crippen molar-refractivity contribution >= 4 is 35.2 Å². The molecule has 0 aliphatic heterocycles. The molecule has 0 radical (unpaired) electrons. The summed E-state index contributed by atoms with van der Waals surface area (Å²) in [7, 11) is 0. The maximum atomic E-state index is 10.0. The fourth-order valence-corrected chi connectivity index (χ4v) is 1.03. The van der Waals surface area contributed by atoms with Crippen LogP contribution in [0.25, 0.3) is 6.08 Å². The van der Waals surface area contributed by atoms with Crippen molar-refractivity contribution in [2.24, 2.45) is 0 Å². The van der Waals surface area contributed by atoms with E-state index in [1.165, 1.54) is 6.08 Å². The monoisotopic (exact) mass is 190 g/mol. The molecule has 0 saturated heterocycles. The van der Waals surface area contributed by atoms with Gasteiger partial charge in [-0.25, -0.2) is 4.79 Å². The van der Waals surface area contributed by atoms with E-state index in [-0.39, 0.29) is 0 Å². The molecule has 1 rings (SSSR count). The summed E-state index contributed by atoms with van der Waals surface area (Å²) in [6, 6.07) is 0. The van der Waals surface area contributed by atoms with Gasteiger partial charge in [-0.3, -0.25) is 0 Å². The lowest BCUT2D eigenvalue weighted by Gasteiger charge is -1.80. The molecule has 0 aromatic carbocycles. The van der Waals surface area contributed by atoms with Gasteiger partial charge in [-0.05, 0) is 6.08 Å². The van der Waals surface area contributed by atoms with Crippen LogP contribution < -0.4 is 0 Å². The van der Waals surface area contributed by atoms with Crippen LogP contribution in [-0.2, 0) is 4.79 Å². The molecular weight excluding hydrogens is 188 g/mol. The Morgan fingerprint density at radius 1 is 1.73 bits per heavy atom. The molecule has 0 amide bonds. The van der Waals surface area contributed by atoms with Crippen molar-refractivity contribution in [1.29, 1.82) is 0 Å². The molecular formula is C5H3ClN2O2S. The largest absolute Gasteiger partial charge is 0.478 e. The van der Waals surface area contributed by atoms with Gasteiger partial charge in [0.15, 0.2) is 0 Å². The second kappa shape index (κ2) is 3.45. The highest BCUT2D eigenvalue weighted by Crippen LogP contribution is 2.17. The van der Waals surface area contributed by atoms with Gasteiger partial charge in [0, 0.05) is 17.6 Å². The smallest absolute Gasteiger partial charge is 0.328 e. The van der Waals surface area contributed by atoms with E-state index in [0.717, 1.165) is 17.6 Å². The highest BCUT2D eigenvalue weighted by Gasteiger charge is 2.00. The van der Waals surface area contributed by atoms with Gasteiger partial charge in [-0.2, -0.15) is 0 Å². The van der Waals surface area contributed by atoms with E-state index in [0.29, 0.717) is 10.0 Å². The summed E-state index contributed by atoms with van der Waals surface area (Å²) in [5.74, 6) is -1.03. The Morgan fingerprint density at radius 2 is 2.45 bits per heavy atom. The lowest BCUT2D eigenvalue weighted by Crippen LogP contribution is -1.85. The molecule has 4 nitrogen and oxygen atoms in total. The minimum Gasteiger partial charge on any atom is -0.478 e. The molecule has 0 spiro atoms. The fraction of sp³-hybridized carbons (Fsp3) is 0. The number of nitrogens with zero attached hydrogens (tertiary/aromatic N) is 2. The number of aromatic nitrogens is 2. The number of hydrogen-bond acceptors (Lipinski definition) is 4. The van der Waals surface area contributed by atoms with Crippen molar-refractivity contribution in [1.82, 2.24) is 9.59 Å². The zero-order chi connectivity index (χ0) is 8.27. The average molecular weight is 191 g/mol. The molecule has 0 saturated carbocycles. The molecule has 1 N–H and O–H groups in total. The summed E-state index contributed by atoms with van der Waals surface area (Å²) in [4.78, 5) is 10.0. The van der Waals surface area contributed by atoms with Gasteiger partial charge >= 0.3 is 5.97 Å². The highest BCUT2D eigenvalue weighted by atomic mass is 35.5. The summed E-state index contributed by atoms with van der Waals surface area (Å²) in [6.07, 6.45) is 2.26. The second-order valence-corrected chi connectivity index (χ2v) is 2.96. The Morgan fingerprint density at radius 3 is 2.91 bits per heavy atom. The minimum absolute atomic E-state index is 0.388. The van der Waals surface area contributed by atoms with E-state index in [1.54, 1.807) is 0 Å². The normalized spacial score (nSPS) is 10.6. The van der Waals surface area contributed by atoms with Crippen LogP contribution in [0, 0.1) is 0 Å². The van der Waals surface area contributed by atoms with E-state index < -0.39 is 5.97 Å². The van der Waals surface area contributed by atoms with E-state index in [2.05, 4.69) is 9.59 Å². The number of hydrogen-bond donors (Lipinski definition) is 1. The lowest BCUT2D eigenvalue weighted by molar-refractivity contribution is -0.131. The van der Waals surface area contributed by atoms with E-state index in [9.17, 15) is 4.79 Å².